The molecule has 0 spiro atoms. The van der Waals surface area contributed by atoms with Crippen LogP contribution in [-0.2, 0) is 32.6 Å². The van der Waals surface area contributed by atoms with Crippen LogP contribution in [0.3, 0.4) is 0 Å². The summed E-state index contributed by atoms with van der Waals surface area (Å²) in [6.07, 6.45) is 1.31. The van der Waals surface area contributed by atoms with Crippen LogP contribution in [0.1, 0.15) is 11.1 Å². The summed E-state index contributed by atoms with van der Waals surface area (Å²) in [7, 11) is -2.29. The highest BCUT2D eigenvalue weighted by Crippen LogP contribution is 2.22. The first-order valence-corrected chi connectivity index (χ1v) is 14.1. The second-order valence-electron chi connectivity index (χ2n) is 8.21. The number of carbonyl (C=O) groups excluding carboxylic acids is 2. The highest BCUT2D eigenvalue weighted by Gasteiger charge is 2.32. The predicted molar refractivity (Wildman–Crippen MR) is 146 cm³/mol. The number of rotatable bonds is 10. The topological polar surface area (TPSA) is 86.8 Å². The van der Waals surface area contributed by atoms with Crippen LogP contribution in [0.15, 0.2) is 83.3 Å². The van der Waals surface area contributed by atoms with Gasteiger partial charge in [-0.2, -0.15) is 0 Å². The van der Waals surface area contributed by atoms with E-state index in [9.17, 15) is 18.0 Å². The summed E-state index contributed by atoms with van der Waals surface area (Å²) >= 11 is 9.37. The zero-order valence-corrected chi connectivity index (χ0v) is 23.1. The molecule has 0 bridgehead atoms. The monoisotopic (exact) mass is 591 g/mol. The Labute approximate surface area is 225 Å². The van der Waals surface area contributed by atoms with Gasteiger partial charge in [0.2, 0.25) is 21.8 Å². The van der Waals surface area contributed by atoms with Crippen LogP contribution < -0.4 is 9.62 Å². The van der Waals surface area contributed by atoms with Crippen molar-refractivity contribution in [2.45, 2.75) is 19.0 Å². The van der Waals surface area contributed by atoms with E-state index in [4.69, 9.17) is 11.6 Å². The Hall–Kier alpha value is -2.88. The number of nitrogens with zero attached hydrogens (tertiary/aromatic N) is 2. The van der Waals surface area contributed by atoms with Crippen molar-refractivity contribution in [1.29, 1.82) is 0 Å². The average molecular weight is 593 g/mol. The minimum absolute atomic E-state index is 0.0961. The third-order valence-corrected chi connectivity index (χ3v) is 7.50. The number of halogens is 2. The fourth-order valence-corrected chi connectivity index (χ4v) is 4.97. The summed E-state index contributed by atoms with van der Waals surface area (Å²) < 4.78 is 27.2. The lowest BCUT2D eigenvalue weighted by Gasteiger charge is -2.33. The summed E-state index contributed by atoms with van der Waals surface area (Å²) in [5, 5.41) is 3.19. The molecule has 1 atom stereocenters. The first-order valence-electron chi connectivity index (χ1n) is 11.1. The number of nitrogens with one attached hydrogen (secondary N) is 1. The summed E-state index contributed by atoms with van der Waals surface area (Å²) in [5.74, 6) is -0.862. The van der Waals surface area contributed by atoms with Crippen LogP contribution in [0.4, 0.5) is 5.69 Å². The molecule has 0 aromatic heterocycles. The molecule has 0 heterocycles. The molecular weight excluding hydrogens is 566 g/mol. The van der Waals surface area contributed by atoms with Crippen molar-refractivity contribution in [3.63, 3.8) is 0 Å². The Morgan fingerprint density at radius 3 is 2.11 bits per heavy atom. The number of anilines is 1. The lowest BCUT2D eigenvalue weighted by molar-refractivity contribution is -0.139. The first-order chi connectivity index (χ1) is 17.1. The van der Waals surface area contributed by atoms with E-state index in [0.717, 1.165) is 26.2 Å². The lowest BCUT2D eigenvalue weighted by Crippen LogP contribution is -2.52. The van der Waals surface area contributed by atoms with Gasteiger partial charge in [0.15, 0.2) is 0 Å². The molecular formula is C26H27BrClN3O4S. The van der Waals surface area contributed by atoms with E-state index in [0.29, 0.717) is 10.7 Å². The van der Waals surface area contributed by atoms with Crippen molar-refractivity contribution in [3.8, 4) is 0 Å². The van der Waals surface area contributed by atoms with Gasteiger partial charge in [-0.25, -0.2) is 8.42 Å². The molecule has 0 aliphatic rings. The number of amides is 2. The molecule has 3 aromatic rings. The minimum Gasteiger partial charge on any atom is -0.357 e. The lowest BCUT2D eigenvalue weighted by atomic mass is 10.0. The van der Waals surface area contributed by atoms with Gasteiger partial charge in [-0.15, -0.1) is 0 Å². The molecule has 0 aliphatic carbocycles. The van der Waals surface area contributed by atoms with Crippen molar-refractivity contribution in [2.75, 3.05) is 24.2 Å². The molecule has 10 heteroatoms. The maximum Gasteiger partial charge on any atom is 0.244 e. The second-order valence-corrected chi connectivity index (χ2v) is 11.5. The minimum atomic E-state index is -3.80. The predicted octanol–water partition coefficient (Wildman–Crippen LogP) is 4.25. The molecule has 7 nitrogen and oxygen atoms in total. The highest BCUT2D eigenvalue weighted by molar-refractivity contribution is 9.10. The Morgan fingerprint density at radius 2 is 1.56 bits per heavy atom. The summed E-state index contributed by atoms with van der Waals surface area (Å²) in [5.41, 5.74) is 1.97. The normalized spacial score (nSPS) is 12.0. The van der Waals surface area contributed by atoms with Crippen molar-refractivity contribution >= 4 is 55.1 Å². The molecule has 0 fully saturated rings. The maximum atomic E-state index is 13.8. The van der Waals surface area contributed by atoms with Crippen LogP contribution in [0.2, 0.25) is 5.02 Å². The quantitative estimate of drug-likeness (QED) is 0.381. The van der Waals surface area contributed by atoms with Gasteiger partial charge in [0.05, 0.1) is 11.9 Å². The van der Waals surface area contributed by atoms with E-state index in [2.05, 4.69) is 21.2 Å². The van der Waals surface area contributed by atoms with E-state index in [-0.39, 0.29) is 18.9 Å². The number of carbonyl (C=O) groups is 2. The molecule has 0 saturated carbocycles. The van der Waals surface area contributed by atoms with Gasteiger partial charge in [-0.1, -0.05) is 70.0 Å². The van der Waals surface area contributed by atoms with E-state index < -0.39 is 28.5 Å². The van der Waals surface area contributed by atoms with Gasteiger partial charge in [0.1, 0.15) is 12.6 Å². The van der Waals surface area contributed by atoms with E-state index in [1.165, 1.54) is 11.9 Å². The number of benzene rings is 3. The molecule has 1 N–H and O–H groups in total. The highest BCUT2D eigenvalue weighted by atomic mass is 79.9. The Kier molecular flexibility index (Phi) is 9.53. The van der Waals surface area contributed by atoms with Gasteiger partial charge >= 0.3 is 0 Å². The summed E-state index contributed by atoms with van der Waals surface area (Å²) in [6, 6.07) is 22.1. The van der Waals surface area contributed by atoms with Gasteiger partial charge in [0.25, 0.3) is 0 Å². The average Bonchev–Trinajstić information content (AvgIpc) is 2.86. The van der Waals surface area contributed by atoms with Crippen molar-refractivity contribution in [2.24, 2.45) is 0 Å². The molecule has 190 valence electrons. The number of hydrogen-bond acceptors (Lipinski definition) is 4. The third kappa shape index (κ3) is 7.56. The number of likely N-dealkylation sites (N-methyl/N-ethyl adjacent to an activating group) is 1. The molecule has 0 radical (unpaired) electrons. The molecule has 0 unspecified atom stereocenters. The SMILES string of the molecule is CNC(=O)[C@@H](Cc1ccccc1)N(Cc1ccc(Cl)cc1)C(=O)CN(c1ccc(Br)cc1)S(C)(=O)=O. The van der Waals surface area contributed by atoms with Crippen LogP contribution in [0, 0.1) is 0 Å². The summed E-state index contributed by atoms with van der Waals surface area (Å²) in [4.78, 5) is 28.2. The summed E-state index contributed by atoms with van der Waals surface area (Å²) in [6.45, 7) is -0.366. The smallest absolute Gasteiger partial charge is 0.244 e. The molecule has 36 heavy (non-hydrogen) atoms. The zero-order chi connectivity index (χ0) is 26.3. The first kappa shape index (κ1) is 27.7. The molecule has 0 saturated heterocycles. The molecule has 0 aliphatic heterocycles. The standard InChI is InChI=1S/C26H27BrClN3O4S/c1-29-26(33)24(16-19-6-4-3-5-7-19)30(17-20-8-12-22(28)13-9-20)25(32)18-31(36(2,34)35)23-14-10-21(27)11-15-23/h3-15,24H,16-18H2,1-2H3,(H,29,33)/t24-/m1/s1. The Bertz CT molecular complexity index is 1290. The Balaban J connectivity index is 2.00. The van der Waals surface area contributed by atoms with Gasteiger partial charge in [0, 0.05) is 29.5 Å². The Morgan fingerprint density at radius 1 is 0.944 bits per heavy atom. The molecule has 2 amide bonds. The third-order valence-electron chi connectivity index (χ3n) is 5.58. The fourth-order valence-electron chi connectivity index (χ4n) is 3.73. The van der Waals surface area contributed by atoms with E-state index >= 15 is 0 Å². The van der Waals surface area contributed by atoms with Gasteiger partial charge in [-0.3, -0.25) is 13.9 Å². The number of sulfonamides is 1. The number of hydrogen-bond donors (Lipinski definition) is 1. The van der Waals surface area contributed by atoms with Gasteiger partial charge < -0.3 is 10.2 Å². The van der Waals surface area contributed by atoms with Gasteiger partial charge in [-0.05, 0) is 47.5 Å². The van der Waals surface area contributed by atoms with Crippen LogP contribution in [0.5, 0.6) is 0 Å². The zero-order valence-electron chi connectivity index (χ0n) is 19.9. The molecule has 3 aromatic carbocycles. The van der Waals surface area contributed by atoms with Crippen molar-refractivity contribution < 1.29 is 18.0 Å². The van der Waals surface area contributed by atoms with Crippen molar-refractivity contribution in [3.05, 3.63) is 99.5 Å². The van der Waals surface area contributed by atoms with Crippen LogP contribution in [-0.4, -0.2) is 51.0 Å². The van der Waals surface area contributed by atoms with Crippen molar-refractivity contribution in [1.82, 2.24) is 10.2 Å². The van der Waals surface area contributed by atoms with E-state index in [1.807, 2.05) is 30.3 Å². The van der Waals surface area contributed by atoms with Crippen LogP contribution in [0.25, 0.3) is 0 Å². The fraction of sp³-hybridized carbons (Fsp3) is 0.231. The maximum absolute atomic E-state index is 13.8. The largest absolute Gasteiger partial charge is 0.357 e. The van der Waals surface area contributed by atoms with Crippen LogP contribution >= 0.6 is 27.5 Å². The second kappa shape index (κ2) is 12.4. The molecule has 3 rings (SSSR count). The van der Waals surface area contributed by atoms with E-state index in [1.54, 1.807) is 48.5 Å².